The summed E-state index contributed by atoms with van der Waals surface area (Å²) < 4.78 is 19.8. The molecule has 1 rings (SSSR count). The molecule has 0 amide bonds. The minimum atomic E-state index is -0.365. The van der Waals surface area contributed by atoms with E-state index in [1.54, 1.807) is 19.2 Å². The molecule has 1 N–H and O–H groups in total. The first-order chi connectivity index (χ1) is 8.61. The summed E-state index contributed by atoms with van der Waals surface area (Å²) in [4.78, 5) is 0. The number of hydrogen-bond acceptors (Lipinski definition) is 2. The van der Waals surface area contributed by atoms with Gasteiger partial charge in [0.1, 0.15) is 5.82 Å². The largest absolute Gasteiger partial charge is 0.385 e. The highest BCUT2D eigenvalue weighted by atomic mass is 79.9. The molecule has 0 aliphatic rings. The van der Waals surface area contributed by atoms with Gasteiger partial charge in [-0.3, -0.25) is 0 Å². The van der Waals surface area contributed by atoms with Crippen molar-refractivity contribution < 1.29 is 9.13 Å². The summed E-state index contributed by atoms with van der Waals surface area (Å²) in [6, 6.07) is 3.46. The van der Waals surface area contributed by atoms with Crippen LogP contribution in [0.1, 0.15) is 31.4 Å². The zero-order valence-corrected chi connectivity index (χ0v) is 12.9. The Kier molecular flexibility index (Phi) is 7.15. The average Bonchev–Trinajstić information content (AvgIpc) is 2.37. The van der Waals surface area contributed by atoms with Crippen LogP contribution in [0.25, 0.3) is 0 Å². The predicted octanol–water partition coefficient (Wildman–Crippen LogP) is 4.32. The molecule has 1 aromatic carbocycles. The lowest BCUT2D eigenvalue weighted by molar-refractivity contribution is 0.182. The van der Waals surface area contributed by atoms with Crippen LogP contribution >= 0.6 is 27.5 Å². The molecule has 0 aromatic heterocycles. The standard InChI is InChI=1S/C13H18BrClFNO/c1-3-7-17-11(6-8-18-2)9-4-5-10(14)12(15)13(9)16/h4-5,11,17H,3,6-8H2,1-2H3. The summed E-state index contributed by atoms with van der Waals surface area (Å²) in [5.41, 5.74) is 0.591. The molecule has 5 heteroatoms. The molecule has 0 heterocycles. The molecular weight excluding hydrogens is 321 g/mol. The van der Waals surface area contributed by atoms with Crippen LogP contribution < -0.4 is 5.32 Å². The van der Waals surface area contributed by atoms with Crippen molar-refractivity contribution >= 4 is 27.5 Å². The topological polar surface area (TPSA) is 21.3 Å². The molecule has 0 aliphatic carbocycles. The molecule has 1 atom stereocenters. The van der Waals surface area contributed by atoms with Crippen molar-refractivity contribution in [1.29, 1.82) is 0 Å². The average molecular weight is 339 g/mol. The Labute approximate surface area is 121 Å². The Bertz CT molecular complexity index is 381. The lowest BCUT2D eigenvalue weighted by Crippen LogP contribution is -2.24. The van der Waals surface area contributed by atoms with E-state index < -0.39 is 0 Å². The fourth-order valence-corrected chi connectivity index (χ4v) is 2.21. The number of ether oxygens (including phenoxy) is 1. The van der Waals surface area contributed by atoms with E-state index in [1.165, 1.54) is 0 Å². The Morgan fingerprint density at radius 1 is 1.50 bits per heavy atom. The van der Waals surface area contributed by atoms with Gasteiger partial charge in [0.2, 0.25) is 0 Å². The maximum absolute atomic E-state index is 14.1. The molecule has 0 fully saturated rings. The summed E-state index contributed by atoms with van der Waals surface area (Å²) in [6.45, 7) is 3.49. The summed E-state index contributed by atoms with van der Waals surface area (Å²) in [6.07, 6.45) is 1.71. The van der Waals surface area contributed by atoms with Crippen LogP contribution in [0.5, 0.6) is 0 Å². The summed E-state index contributed by atoms with van der Waals surface area (Å²) >= 11 is 9.13. The highest BCUT2D eigenvalue weighted by Gasteiger charge is 2.18. The number of nitrogens with one attached hydrogen (secondary N) is 1. The fourth-order valence-electron chi connectivity index (χ4n) is 1.73. The SMILES string of the molecule is CCCNC(CCOC)c1ccc(Br)c(Cl)c1F. The maximum atomic E-state index is 14.1. The van der Waals surface area contributed by atoms with Gasteiger partial charge in [-0.2, -0.15) is 0 Å². The predicted molar refractivity (Wildman–Crippen MR) is 76.6 cm³/mol. The molecule has 102 valence electrons. The van der Waals surface area contributed by atoms with Crippen molar-refractivity contribution in [3.05, 3.63) is 33.0 Å². The lowest BCUT2D eigenvalue weighted by atomic mass is 10.0. The van der Waals surface area contributed by atoms with Crippen molar-refractivity contribution in [2.45, 2.75) is 25.8 Å². The highest BCUT2D eigenvalue weighted by molar-refractivity contribution is 9.10. The van der Waals surface area contributed by atoms with E-state index in [4.69, 9.17) is 16.3 Å². The first kappa shape index (κ1) is 15.9. The number of rotatable bonds is 7. The van der Waals surface area contributed by atoms with Crippen molar-refractivity contribution in [1.82, 2.24) is 5.32 Å². The summed E-state index contributed by atoms with van der Waals surface area (Å²) in [5.74, 6) is -0.365. The van der Waals surface area contributed by atoms with Crippen LogP contribution in [0.4, 0.5) is 4.39 Å². The molecule has 1 unspecified atom stereocenters. The van der Waals surface area contributed by atoms with E-state index in [9.17, 15) is 4.39 Å². The van der Waals surface area contributed by atoms with Crippen molar-refractivity contribution in [3.63, 3.8) is 0 Å². The number of hydrogen-bond donors (Lipinski definition) is 1. The van der Waals surface area contributed by atoms with E-state index in [1.807, 2.05) is 0 Å². The van der Waals surface area contributed by atoms with Gasteiger partial charge in [0.05, 0.1) is 5.02 Å². The normalized spacial score (nSPS) is 12.7. The molecule has 18 heavy (non-hydrogen) atoms. The molecular formula is C13H18BrClFNO. The van der Waals surface area contributed by atoms with Gasteiger partial charge in [-0.1, -0.05) is 24.6 Å². The molecule has 2 nitrogen and oxygen atoms in total. The highest BCUT2D eigenvalue weighted by Crippen LogP contribution is 2.31. The first-order valence-corrected chi connectivity index (χ1v) is 7.14. The van der Waals surface area contributed by atoms with Crippen LogP contribution in [0.15, 0.2) is 16.6 Å². The molecule has 0 spiro atoms. The monoisotopic (exact) mass is 337 g/mol. The third-order valence-corrected chi connectivity index (χ3v) is 3.95. The first-order valence-electron chi connectivity index (χ1n) is 5.97. The minimum absolute atomic E-state index is 0.0736. The Balaban J connectivity index is 2.93. The van der Waals surface area contributed by atoms with Crippen molar-refractivity contribution in [3.8, 4) is 0 Å². The van der Waals surface area contributed by atoms with Crippen LogP contribution in [0.2, 0.25) is 5.02 Å². The molecule has 0 aliphatic heterocycles. The molecule has 1 aromatic rings. The van der Waals surface area contributed by atoms with E-state index in [-0.39, 0.29) is 16.9 Å². The van der Waals surface area contributed by atoms with Gasteiger partial charge in [0.25, 0.3) is 0 Å². The molecule has 0 saturated carbocycles. The Hall–Kier alpha value is -0.160. The summed E-state index contributed by atoms with van der Waals surface area (Å²) in [5, 5.41) is 3.45. The van der Waals surface area contributed by atoms with E-state index in [0.717, 1.165) is 13.0 Å². The van der Waals surface area contributed by atoms with Crippen molar-refractivity contribution in [2.24, 2.45) is 0 Å². The zero-order valence-electron chi connectivity index (χ0n) is 10.6. The van der Waals surface area contributed by atoms with Crippen molar-refractivity contribution in [2.75, 3.05) is 20.3 Å². The van der Waals surface area contributed by atoms with Gasteiger partial charge >= 0.3 is 0 Å². The van der Waals surface area contributed by atoms with Crippen LogP contribution in [-0.2, 0) is 4.74 Å². The third-order valence-electron chi connectivity index (χ3n) is 2.69. The zero-order chi connectivity index (χ0) is 13.5. The molecule has 0 bridgehead atoms. The van der Waals surface area contributed by atoms with Crippen LogP contribution in [0.3, 0.4) is 0 Å². The second kappa shape index (κ2) is 8.10. The van der Waals surface area contributed by atoms with E-state index in [0.29, 0.717) is 23.1 Å². The fraction of sp³-hybridized carbons (Fsp3) is 0.538. The second-order valence-corrected chi connectivity index (χ2v) is 5.29. The van der Waals surface area contributed by atoms with Crippen LogP contribution in [-0.4, -0.2) is 20.3 Å². The van der Waals surface area contributed by atoms with E-state index in [2.05, 4.69) is 28.2 Å². The van der Waals surface area contributed by atoms with E-state index >= 15 is 0 Å². The Morgan fingerprint density at radius 3 is 2.83 bits per heavy atom. The lowest BCUT2D eigenvalue weighted by Gasteiger charge is -2.20. The van der Waals surface area contributed by atoms with Gasteiger partial charge in [-0.15, -0.1) is 0 Å². The molecule has 0 radical (unpaired) electrons. The van der Waals surface area contributed by atoms with Gasteiger partial charge in [-0.05, 0) is 41.4 Å². The van der Waals surface area contributed by atoms with Gasteiger partial charge in [-0.25, -0.2) is 4.39 Å². The van der Waals surface area contributed by atoms with Crippen LogP contribution in [0, 0.1) is 5.82 Å². The smallest absolute Gasteiger partial charge is 0.147 e. The second-order valence-electron chi connectivity index (χ2n) is 4.05. The quantitative estimate of drug-likeness (QED) is 0.748. The minimum Gasteiger partial charge on any atom is -0.385 e. The van der Waals surface area contributed by atoms with Gasteiger partial charge in [0, 0.05) is 29.8 Å². The Morgan fingerprint density at radius 2 is 2.22 bits per heavy atom. The maximum Gasteiger partial charge on any atom is 0.147 e. The van der Waals surface area contributed by atoms with Gasteiger partial charge in [0.15, 0.2) is 0 Å². The van der Waals surface area contributed by atoms with Gasteiger partial charge < -0.3 is 10.1 Å². The third kappa shape index (κ3) is 4.19. The molecule has 0 saturated heterocycles. The summed E-state index contributed by atoms with van der Waals surface area (Å²) in [7, 11) is 1.64. The number of benzene rings is 1. The number of methoxy groups -OCH3 is 1. The number of halogens is 3.